The molecule has 2 aromatic heterocycles. The Morgan fingerprint density at radius 2 is 2.00 bits per heavy atom. The number of imidazole rings is 1. The van der Waals surface area contributed by atoms with E-state index in [0.29, 0.717) is 11.4 Å². The van der Waals surface area contributed by atoms with E-state index < -0.39 is 11.7 Å². The van der Waals surface area contributed by atoms with E-state index in [9.17, 15) is 13.2 Å². The van der Waals surface area contributed by atoms with Crippen molar-refractivity contribution >= 4 is 16.6 Å². The van der Waals surface area contributed by atoms with Crippen LogP contribution in [0.5, 0.6) is 0 Å². The van der Waals surface area contributed by atoms with E-state index in [0.717, 1.165) is 42.7 Å². The third-order valence-corrected chi connectivity index (χ3v) is 5.21. The molecule has 0 amide bonds. The molecule has 3 aromatic rings. The highest BCUT2D eigenvalue weighted by molar-refractivity contribution is 5.92. The highest BCUT2D eigenvalue weighted by Gasteiger charge is 2.31. The lowest BCUT2D eigenvalue weighted by Crippen LogP contribution is -2.40. The van der Waals surface area contributed by atoms with Crippen LogP contribution in [0.15, 0.2) is 49.2 Å². The minimum Gasteiger partial charge on any atom is -0.369 e. The Kier molecular flexibility index (Phi) is 4.09. The first-order valence-electron chi connectivity index (χ1n) is 8.62. The van der Waals surface area contributed by atoms with E-state index in [4.69, 9.17) is 0 Å². The lowest BCUT2D eigenvalue weighted by molar-refractivity contribution is -0.137. The number of aromatic nitrogens is 3. The van der Waals surface area contributed by atoms with E-state index in [1.807, 2.05) is 18.6 Å². The average Bonchev–Trinajstić information content (AvgIpc) is 3.15. The Morgan fingerprint density at radius 3 is 2.73 bits per heavy atom. The monoisotopic (exact) mass is 360 g/mol. The molecule has 1 aromatic carbocycles. The largest absolute Gasteiger partial charge is 0.416 e. The first kappa shape index (κ1) is 16.9. The fourth-order valence-corrected chi connectivity index (χ4v) is 3.71. The van der Waals surface area contributed by atoms with E-state index in [1.54, 1.807) is 12.4 Å². The quantitative estimate of drug-likeness (QED) is 0.673. The first-order valence-corrected chi connectivity index (χ1v) is 8.62. The second kappa shape index (κ2) is 6.30. The van der Waals surface area contributed by atoms with Crippen LogP contribution in [0.4, 0.5) is 18.9 Å². The molecule has 7 heteroatoms. The predicted molar refractivity (Wildman–Crippen MR) is 94.0 cm³/mol. The number of anilines is 1. The number of alkyl halides is 3. The Labute approximate surface area is 149 Å². The minimum absolute atomic E-state index is 0.281. The van der Waals surface area contributed by atoms with Crippen LogP contribution in [0.1, 0.15) is 24.9 Å². The molecule has 1 fully saturated rings. The molecule has 1 aliphatic rings. The molecule has 0 saturated carbocycles. The molecule has 136 valence electrons. The number of hydrogen-bond donors (Lipinski definition) is 0. The molecule has 1 aliphatic heterocycles. The fourth-order valence-electron chi connectivity index (χ4n) is 3.71. The van der Waals surface area contributed by atoms with Gasteiger partial charge in [-0.3, -0.25) is 4.98 Å². The summed E-state index contributed by atoms with van der Waals surface area (Å²) in [4.78, 5) is 10.5. The third kappa shape index (κ3) is 3.02. The molecule has 0 bridgehead atoms. The van der Waals surface area contributed by atoms with Crippen LogP contribution in [-0.4, -0.2) is 27.6 Å². The summed E-state index contributed by atoms with van der Waals surface area (Å²) in [6.45, 7) is 3.88. The van der Waals surface area contributed by atoms with Crippen LogP contribution in [-0.2, 0) is 6.18 Å². The normalized spacial score (nSPS) is 21.3. The highest BCUT2D eigenvalue weighted by Crippen LogP contribution is 2.36. The number of nitrogens with zero attached hydrogens (tertiary/aromatic N) is 4. The van der Waals surface area contributed by atoms with Gasteiger partial charge in [0.1, 0.15) is 0 Å². The van der Waals surface area contributed by atoms with Gasteiger partial charge in [-0.2, -0.15) is 13.2 Å². The SMILES string of the molecule is CC1CCN(c2ccnc3cc(C(F)(F)F)ccc23)CC1n1ccnc1. The summed E-state index contributed by atoms with van der Waals surface area (Å²) in [6.07, 6.45) is 3.79. The number of piperidine rings is 1. The second-order valence-electron chi connectivity index (χ2n) is 6.85. The van der Waals surface area contributed by atoms with Gasteiger partial charge in [0.05, 0.1) is 23.4 Å². The van der Waals surface area contributed by atoms with Gasteiger partial charge in [-0.15, -0.1) is 0 Å². The van der Waals surface area contributed by atoms with Gasteiger partial charge >= 0.3 is 6.18 Å². The van der Waals surface area contributed by atoms with Crippen LogP contribution in [0.3, 0.4) is 0 Å². The van der Waals surface area contributed by atoms with Gasteiger partial charge in [0.25, 0.3) is 0 Å². The maximum Gasteiger partial charge on any atom is 0.416 e. The molecule has 2 atom stereocenters. The van der Waals surface area contributed by atoms with Crippen molar-refractivity contribution in [3.05, 3.63) is 54.7 Å². The molecule has 4 nitrogen and oxygen atoms in total. The molecular weight excluding hydrogens is 341 g/mol. The van der Waals surface area contributed by atoms with Gasteiger partial charge in [-0.25, -0.2) is 4.98 Å². The Balaban J connectivity index is 1.70. The van der Waals surface area contributed by atoms with Crippen molar-refractivity contribution in [3.8, 4) is 0 Å². The fraction of sp³-hybridized carbons (Fsp3) is 0.368. The maximum absolute atomic E-state index is 13.0. The van der Waals surface area contributed by atoms with Crippen molar-refractivity contribution in [2.75, 3.05) is 18.0 Å². The standard InChI is InChI=1S/C19H19F3N4/c1-13-5-8-25(11-18(13)26-9-7-23-12-26)17-4-6-24-16-10-14(19(20,21)22)2-3-15(16)17/h2-4,6-7,9-10,12-13,18H,5,8,11H2,1H3. The molecule has 4 rings (SSSR count). The van der Waals surface area contributed by atoms with Crippen molar-refractivity contribution in [2.24, 2.45) is 5.92 Å². The molecule has 1 saturated heterocycles. The zero-order chi connectivity index (χ0) is 18.3. The predicted octanol–water partition coefficient (Wildman–Crippen LogP) is 4.54. The summed E-state index contributed by atoms with van der Waals surface area (Å²) in [6, 6.07) is 5.96. The number of benzene rings is 1. The van der Waals surface area contributed by atoms with E-state index in [-0.39, 0.29) is 6.04 Å². The summed E-state index contributed by atoms with van der Waals surface area (Å²) in [5.41, 5.74) is 0.633. The van der Waals surface area contributed by atoms with Crippen molar-refractivity contribution in [2.45, 2.75) is 25.6 Å². The van der Waals surface area contributed by atoms with Crippen molar-refractivity contribution in [1.82, 2.24) is 14.5 Å². The van der Waals surface area contributed by atoms with Gasteiger partial charge < -0.3 is 9.47 Å². The lowest BCUT2D eigenvalue weighted by Gasteiger charge is -2.39. The minimum atomic E-state index is -4.36. The average molecular weight is 360 g/mol. The summed E-state index contributed by atoms with van der Waals surface area (Å²) >= 11 is 0. The van der Waals surface area contributed by atoms with Gasteiger partial charge in [0, 0.05) is 42.8 Å². The maximum atomic E-state index is 13.0. The molecule has 0 aliphatic carbocycles. The van der Waals surface area contributed by atoms with Crippen molar-refractivity contribution in [1.29, 1.82) is 0 Å². The van der Waals surface area contributed by atoms with Gasteiger partial charge in [0.2, 0.25) is 0 Å². The number of pyridine rings is 1. The molecule has 2 unspecified atom stereocenters. The molecule has 0 spiro atoms. The summed E-state index contributed by atoms with van der Waals surface area (Å²) in [7, 11) is 0. The van der Waals surface area contributed by atoms with Crippen molar-refractivity contribution < 1.29 is 13.2 Å². The summed E-state index contributed by atoms with van der Waals surface area (Å²) in [5, 5.41) is 0.749. The van der Waals surface area contributed by atoms with Crippen LogP contribution in [0, 0.1) is 5.92 Å². The summed E-state index contributed by atoms with van der Waals surface area (Å²) < 4.78 is 41.0. The van der Waals surface area contributed by atoms with Gasteiger partial charge in [-0.05, 0) is 30.5 Å². The van der Waals surface area contributed by atoms with Crippen LogP contribution < -0.4 is 4.90 Å². The van der Waals surface area contributed by atoms with Crippen LogP contribution in [0.2, 0.25) is 0 Å². The van der Waals surface area contributed by atoms with Gasteiger partial charge in [-0.1, -0.05) is 13.0 Å². The zero-order valence-electron chi connectivity index (χ0n) is 14.3. The van der Waals surface area contributed by atoms with Gasteiger partial charge in [0.15, 0.2) is 0 Å². The topological polar surface area (TPSA) is 34.0 Å². The Hall–Kier alpha value is -2.57. The smallest absolute Gasteiger partial charge is 0.369 e. The number of rotatable bonds is 2. The highest BCUT2D eigenvalue weighted by atomic mass is 19.4. The molecule has 0 radical (unpaired) electrons. The third-order valence-electron chi connectivity index (χ3n) is 5.21. The Bertz CT molecular complexity index is 905. The van der Waals surface area contributed by atoms with E-state index >= 15 is 0 Å². The van der Waals surface area contributed by atoms with Crippen LogP contribution in [0.25, 0.3) is 10.9 Å². The van der Waals surface area contributed by atoms with Crippen molar-refractivity contribution in [3.63, 3.8) is 0 Å². The van der Waals surface area contributed by atoms with E-state index in [2.05, 4.69) is 26.4 Å². The molecular formula is C19H19F3N4. The van der Waals surface area contributed by atoms with Crippen LogP contribution >= 0.6 is 0 Å². The Morgan fingerprint density at radius 1 is 1.15 bits per heavy atom. The molecule has 0 N–H and O–H groups in total. The molecule has 3 heterocycles. The first-order chi connectivity index (χ1) is 12.4. The number of halogens is 3. The van der Waals surface area contributed by atoms with E-state index in [1.165, 1.54) is 6.07 Å². The summed E-state index contributed by atoms with van der Waals surface area (Å²) in [5.74, 6) is 0.505. The number of fused-ring (bicyclic) bond motifs is 1. The molecule has 26 heavy (non-hydrogen) atoms. The lowest BCUT2D eigenvalue weighted by atomic mass is 9.92. The zero-order valence-corrected chi connectivity index (χ0v) is 14.3. The second-order valence-corrected chi connectivity index (χ2v) is 6.85. The number of hydrogen-bond acceptors (Lipinski definition) is 3.